The van der Waals surface area contributed by atoms with Crippen molar-refractivity contribution in [3.63, 3.8) is 0 Å². The van der Waals surface area contributed by atoms with Crippen LogP contribution in [0, 0.1) is 0 Å². The number of benzene rings is 2. The molecule has 0 aliphatic carbocycles. The summed E-state index contributed by atoms with van der Waals surface area (Å²) in [6.07, 6.45) is 2.48. The fraction of sp³-hybridized carbons (Fsp3) is 0.240. The molecule has 0 fully saturated rings. The Balaban J connectivity index is 1.71. The lowest BCUT2D eigenvalue weighted by molar-refractivity contribution is 0.102. The summed E-state index contributed by atoms with van der Waals surface area (Å²) in [5, 5.41) is 18.7. The van der Waals surface area contributed by atoms with Crippen molar-refractivity contribution in [1.82, 2.24) is 10.3 Å². The number of nitrogens with zero attached hydrogens (tertiary/aromatic N) is 1. The summed E-state index contributed by atoms with van der Waals surface area (Å²) in [5.41, 5.74) is 7.05. The lowest BCUT2D eigenvalue weighted by Crippen LogP contribution is -2.22. The van der Waals surface area contributed by atoms with Crippen LogP contribution in [0.2, 0.25) is 0 Å². The second kappa shape index (κ2) is 12.4. The molecule has 34 heavy (non-hydrogen) atoms. The number of aliphatic hydroxyl groups is 1. The van der Waals surface area contributed by atoms with E-state index in [1.54, 1.807) is 66.9 Å². The summed E-state index contributed by atoms with van der Waals surface area (Å²) in [5.74, 6) is 0.0286. The van der Waals surface area contributed by atoms with E-state index in [1.807, 2.05) is 0 Å². The molecule has 0 aliphatic heterocycles. The first kappa shape index (κ1) is 24.8. The number of carbonyl (C=O) groups excluding carboxylic acids is 2. The maximum absolute atomic E-state index is 12.9. The first-order valence-electron chi connectivity index (χ1n) is 10.9. The molecule has 178 valence electrons. The van der Waals surface area contributed by atoms with E-state index in [-0.39, 0.29) is 5.56 Å². The third kappa shape index (κ3) is 6.85. The molecular weight excluding hydrogens is 434 g/mol. The number of nitrogens with two attached hydrogens (primary N) is 1. The summed E-state index contributed by atoms with van der Waals surface area (Å²) in [7, 11) is 1.50. The van der Waals surface area contributed by atoms with Crippen molar-refractivity contribution in [2.45, 2.75) is 19.1 Å². The van der Waals surface area contributed by atoms with Gasteiger partial charge >= 0.3 is 0 Å². The van der Waals surface area contributed by atoms with E-state index in [1.165, 1.54) is 7.11 Å². The minimum Gasteiger partial charge on any atom is -0.497 e. The van der Waals surface area contributed by atoms with Gasteiger partial charge in [0.25, 0.3) is 11.8 Å². The molecule has 0 bridgehead atoms. The maximum Gasteiger partial charge on any atom is 0.259 e. The van der Waals surface area contributed by atoms with Crippen LogP contribution >= 0.6 is 0 Å². The van der Waals surface area contributed by atoms with Gasteiger partial charge in [-0.3, -0.25) is 14.9 Å². The first-order chi connectivity index (χ1) is 16.5. The molecule has 0 radical (unpaired) electrons. The van der Waals surface area contributed by atoms with Gasteiger partial charge in [-0.15, -0.1) is 0 Å². The maximum atomic E-state index is 12.9. The number of ether oxygens (including phenoxy) is 1. The molecule has 6 N–H and O–H groups in total. The highest BCUT2D eigenvalue weighted by molar-refractivity contribution is 6.12. The molecule has 3 rings (SSSR count). The number of pyridine rings is 1. The first-order valence-corrected chi connectivity index (χ1v) is 10.9. The Morgan fingerprint density at radius 2 is 1.82 bits per heavy atom. The normalized spacial score (nSPS) is 11.5. The van der Waals surface area contributed by atoms with Crippen LogP contribution in [0.1, 0.15) is 45.3 Å². The number of methoxy groups -OCH3 is 1. The van der Waals surface area contributed by atoms with Crippen LogP contribution in [0.15, 0.2) is 66.9 Å². The van der Waals surface area contributed by atoms with Crippen LogP contribution in [0.5, 0.6) is 5.75 Å². The second-order valence-electron chi connectivity index (χ2n) is 7.51. The Morgan fingerprint density at radius 3 is 2.50 bits per heavy atom. The molecule has 0 saturated carbocycles. The number of hydrogen-bond donors (Lipinski definition) is 5. The van der Waals surface area contributed by atoms with Crippen LogP contribution in [-0.2, 0) is 0 Å². The molecule has 9 heteroatoms. The largest absolute Gasteiger partial charge is 0.497 e. The van der Waals surface area contributed by atoms with E-state index in [2.05, 4.69) is 20.9 Å². The Labute approximate surface area is 198 Å². The van der Waals surface area contributed by atoms with Gasteiger partial charge < -0.3 is 26.2 Å². The third-order valence-electron chi connectivity index (χ3n) is 5.08. The lowest BCUT2D eigenvalue weighted by atomic mass is 10.1. The highest BCUT2D eigenvalue weighted by Gasteiger charge is 2.17. The van der Waals surface area contributed by atoms with Crippen molar-refractivity contribution in [3.8, 4) is 5.75 Å². The molecule has 9 nitrogen and oxygen atoms in total. The van der Waals surface area contributed by atoms with Gasteiger partial charge in [-0.25, -0.2) is 4.98 Å². The molecule has 1 heterocycles. The Kier molecular flexibility index (Phi) is 9.10. The number of anilines is 2. The standard InChI is InChI=1S/C25H29N5O4/c1-34-19-11-12-21(20(16-19)25(33)30-22-6-2-4-14-27-22)29-24(32)18-9-7-17(8-10-18)23(31)28-15-5-3-13-26/h2,4,6-12,14,16,23,28,31H,3,5,13,15,26H2,1H3,(H,29,32)(H,27,30,33). The zero-order chi connectivity index (χ0) is 24.3. The van der Waals surface area contributed by atoms with E-state index < -0.39 is 18.0 Å². The van der Waals surface area contributed by atoms with Gasteiger partial charge in [0.05, 0.1) is 18.4 Å². The number of amides is 2. The molecule has 0 spiro atoms. The summed E-state index contributed by atoms with van der Waals surface area (Å²) < 4.78 is 5.23. The minimum atomic E-state index is -0.835. The highest BCUT2D eigenvalue weighted by Crippen LogP contribution is 2.24. The summed E-state index contributed by atoms with van der Waals surface area (Å²) in [6.45, 7) is 1.25. The van der Waals surface area contributed by atoms with Crippen LogP contribution in [0.4, 0.5) is 11.5 Å². The Hall–Kier alpha value is -3.79. The van der Waals surface area contributed by atoms with E-state index >= 15 is 0 Å². The van der Waals surface area contributed by atoms with Crippen LogP contribution < -0.4 is 26.4 Å². The van der Waals surface area contributed by atoms with Gasteiger partial charge in [-0.05, 0) is 74.0 Å². The SMILES string of the molecule is COc1ccc(NC(=O)c2ccc(C(O)NCCCCN)cc2)c(C(=O)Nc2ccccn2)c1. The van der Waals surface area contributed by atoms with Gasteiger partial charge in [0, 0.05) is 11.8 Å². The van der Waals surface area contributed by atoms with Gasteiger partial charge in [-0.1, -0.05) is 18.2 Å². The number of hydrogen-bond acceptors (Lipinski definition) is 7. The van der Waals surface area contributed by atoms with Gasteiger partial charge in [0.15, 0.2) is 0 Å². The van der Waals surface area contributed by atoms with Gasteiger partial charge in [0.2, 0.25) is 0 Å². The molecular formula is C25H29N5O4. The van der Waals surface area contributed by atoms with Crippen LogP contribution in [0.25, 0.3) is 0 Å². The van der Waals surface area contributed by atoms with E-state index in [0.717, 1.165) is 12.8 Å². The van der Waals surface area contributed by atoms with E-state index in [0.29, 0.717) is 41.5 Å². The fourth-order valence-electron chi connectivity index (χ4n) is 3.20. The molecule has 1 unspecified atom stereocenters. The van der Waals surface area contributed by atoms with Crippen molar-refractivity contribution < 1.29 is 19.4 Å². The Bertz CT molecular complexity index is 1090. The molecule has 0 aliphatic rings. The quantitative estimate of drug-likeness (QED) is 0.218. The molecule has 2 aromatic carbocycles. The molecule has 1 aromatic heterocycles. The number of carbonyl (C=O) groups is 2. The Morgan fingerprint density at radius 1 is 1.03 bits per heavy atom. The van der Waals surface area contributed by atoms with Gasteiger partial charge in [0.1, 0.15) is 17.8 Å². The number of aliphatic hydroxyl groups excluding tert-OH is 1. The fourth-order valence-corrected chi connectivity index (χ4v) is 3.20. The molecule has 0 saturated heterocycles. The minimum absolute atomic E-state index is 0.229. The number of rotatable bonds is 11. The smallest absolute Gasteiger partial charge is 0.259 e. The average Bonchev–Trinajstić information content (AvgIpc) is 2.87. The van der Waals surface area contributed by atoms with Crippen LogP contribution in [-0.4, -0.2) is 42.1 Å². The number of unbranched alkanes of at least 4 members (excludes halogenated alkanes) is 1. The van der Waals surface area contributed by atoms with Crippen molar-refractivity contribution in [2.75, 3.05) is 30.8 Å². The van der Waals surface area contributed by atoms with E-state index in [4.69, 9.17) is 10.5 Å². The molecule has 2 amide bonds. The van der Waals surface area contributed by atoms with Crippen molar-refractivity contribution in [1.29, 1.82) is 0 Å². The molecule has 3 aromatic rings. The number of aromatic nitrogens is 1. The summed E-state index contributed by atoms with van der Waals surface area (Å²) in [6, 6.07) is 16.6. The van der Waals surface area contributed by atoms with Crippen LogP contribution in [0.3, 0.4) is 0 Å². The predicted molar refractivity (Wildman–Crippen MR) is 131 cm³/mol. The highest BCUT2D eigenvalue weighted by atomic mass is 16.5. The van der Waals surface area contributed by atoms with Gasteiger partial charge in [-0.2, -0.15) is 0 Å². The lowest BCUT2D eigenvalue weighted by Gasteiger charge is -2.15. The zero-order valence-electron chi connectivity index (χ0n) is 19.0. The van der Waals surface area contributed by atoms with Crippen molar-refractivity contribution in [3.05, 3.63) is 83.6 Å². The topological polar surface area (TPSA) is 139 Å². The summed E-state index contributed by atoms with van der Waals surface area (Å²) >= 11 is 0. The number of nitrogens with one attached hydrogen (secondary N) is 3. The van der Waals surface area contributed by atoms with Crippen molar-refractivity contribution in [2.24, 2.45) is 5.73 Å². The second-order valence-corrected chi connectivity index (χ2v) is 7.51. The predicted octanol–water partition coefficient (Wildman–Crippen LogP) is 2.91. The summed E-state index contributed by atoms with van der Waals surface area (Å²) in [4.78, 5) is 29.8. The average molecular weight is 464 g/mol. The van der Waals surface area contributed by atoms with E-state index in [9.17, 15) is 14.7 Å². The third-order valence-corrected chi connectivity index (χ3v) is 5.08. The van der Waals surface area contributed by atoms with Crippen molar-refractivity contribution >= 4 is 23.3 Å². The monoisotopic (exact) mass is 463 g/mol. The molecule has 1 atom stereocenters. The zero-order valence-corrected chi connectivity index (χ0v) is 19.0.